The largest absolute Gasteiger partial charge is 0.350 e. The average Bonchev–Trinajstić information content (AvgIpc) is 3.44. The Balaban J connectivity index is 1.26. The minimum absolute atomic E-state index is 0.00422. The smallest absolute Gasteiger partial charge is 0.253 e. The van der Waals surface area contributed by atoms with E-state index < -0.39 is 0 Å². The predicted molar refractivity (Wildman–Crippen MR) is 112 cm³/mol. The summed E-state index contributed by atoms with van der Waals surface area (Å²) in [4.78, 5) is 32.4. The average molecular weight is 430 g/mol. The van der Waals surface area contributed by atoms with E-state index in [-0.39, 0.29) is 23.5 Å². The first-order chi connectivity index (χ1) is 14.1. The minimum Gasteiger partial charge on any atom is -0.350 e. The van der Waals surface area contributed by atoms with Crippen LogP contribution in [0.2, 0.25) is 0 Å². The van der Waals surface area contributed by atoms with Gasteiger partial charge in [0.15, 0.2) is 0 Å². The van der Waals surface area contributed by atoms with E-state index >= 15 is 0 Å². The molecule has 150 valence electrons. The van der Waals surface area contributed by atoms with Gasteiger partial charge in [-0.15, -0.1) is 22.7 Å². The Morgan fingerprint density at radius 2 is 1.90 bits per heavy atom. The van der Waals surface area contributed by atoms with Crippen LogP contribution < -0.4 is 5.32 Å². The second-order valence-corrected chi connectivity index (χ2v) is 8.72. The second kappa shape index (κ2) is 8.84. The SMILES string of the molecule is O=C(NCc1csc(-c2cccs2)n1)C1CCN(C(=O)c2ccc(F)cc2)CC1. The van der Waals surface area contributed by atoms with Crippen LogP contribution in [0.3, 0.4) is 0 Å². The number of halogens is 1. The second-order valence-electron chi connectivity index (χ2n) is 6.91. The predicted octanol–water partition coefficient (Wildman–Crippen LogP) is 4.18. The molecule has 1 aliphatic heterocycles. The molecule has 0 radical (unpaired) electrons. The number of aromatic nitrogens is 1. The first-order valence-corrected chi connectivity index (χ1v) is 11.2. The van der Waals surface area contributed by atoms with Crippen molar-refractivity contribution in [2.75, 3.05) is 13.1 Å². The fraction of sp³-hybridized carbons (Fsp3) is 0.286. The number of amides is 2. The number of hydrogen-bond acceptors (Lipinski definition) is 5. The molecule has 0 saturated carbocycles. The lowest BCUT2D eigenvalue weighted by Gasteiger charge is -2.31. The number of likely N-dealkylation sites (tertiary alicyclic amines) is 1. The molecule has 0 atom stereocenters. The first-order valence-electron chi connectivity index (χ1n) is 9.41. The topological polar surface area (TPSA) is 62.3 Å². The van der Waals surface area contributed by atoms with Crippen molar-refractivity contribution in [2.45, 2.75) is 19.4 Å². The molecule has 0 unspecified atom stereocenters. The molecular formula is C21H20FN3O2S2. The summed E-state index contributed by atoms with van der Waals surface area (Å²) in [5.74, 6) is -0.584. The van der Waals surface area contributed by atoms with Gasteiger partial charge in [0.25, 0.3) is 5.91 Å². The van der Waals surface area contributed by atoms with Crippen LogP contribution >= 0.6 is 22.7 Å². The first kappa shape index (κ1) is 19.7. The monoisotopic (exact) mass is 429 g/mol. The summed E-state index contributed by atoms with van der Waals surface area (Å²) in [6.07, 6.45) is 1.24. The van der Waals surface area contributed by atoms with Gasteiger partial charge in [-0.2, -0.15) is 0 Å². The highest BCUT2D eigenvalue weighted by atomic mass is 32.1. The molecule has 29 heavy (non-hydrogen) atoms. The number of rotatable bonds is 5. The van der Waals surface area contributed by atoms with Gasteiger partial charge in [0.2, 0.25) is 5.91 Å². The number of piperidine rings is 1. The van der Waals surface area contributed by atoms with Gasteiger partial charge >= 0.3 is 0 Å². The van der Waals surface area contributed by atoms with E-state index in [2.05, 4.69) is 10.3 Å². The lowest BCUT2D eigenvalue weighted by Crippen LogP contribution is -2.42. The van der Waals surface area contributed by atoms with Crippen molar-refractivity contribution < 1.29 is 14.0 Å². The summed E-state index contributed by atoms with van der Waals surface area (Å²) in [6, 6.07) is 9.60. The fourth-order valence-corrected chi connectivity index (χ4v) is 4.98. The van der Waals surface area contributed by atoms with E-state index in [1.807, 2.05) is 22.9 Å². The van der Waals surface area contributed by atoms with Crippen LogP contribution in [0.25, 0.3) is 9.88 Å². The molecule has 3 aromatic rings. The summed E-state index contributed by atoms with van der Waals surface area (Å²) < 4.78 is 13.0. The quantitative estimate of drug-likeness (QED) is 0.662. The molecular weight excluding hydrogens is 409 g/mol. The molecule has 1 aliphatic rings. The van der Waals surface area contributed by atoms with Crippen LogP contribution in [0.4, 0.5) is 4.39 Å². The number of thiophene rings is 1. The van der Waals surface area contributed by atoms with Crippen LogP contribution in [0, 0.1) is 11.7 Å². The number of carbonyl (C=O) groups excluding carboxylic acids is 2. The molecule has 1 aromatic carbocycles. The molecule has 8 heteroatoms. The number of nitrogens with zero attached hydrogens (tertiary/aromatic N) is 2. The van der Waals surface area contributed by atoms with Gasteiger partial charge < -0.3 is 10.2 Å². The van der Waals surface area contributed by atoms with E-state index in [1.54, 1.807) is 27.6 Å². The van der Waals surface area contributed by atoms with Gasteiger partial charge in [0.1, 0.15) is 10.8 Å². The van der Waals surface area contributed by atoms with E-state index in [1.165, 1.54) is 24.3 Å². The van der Waals surface area contributed by atoms with E-state index in [4.69, 9.17) is 0 Å². The molecule has 0 spiro atoms. The minimum atomic E-state index is -0.362. The van der Waals surface area contributed by atoms with E-state index in [0.29, 0.717) is 38.0 Å². The molecule has 3 heterocycles. The van der Waals surface area contributed by atoms with Gasteiger partial charge in [-0.1, -0.05) is 6.07 Å². The van der Waals surface area contributed by atoms with Gasteiger partial charge in [-0.3, -0.25) is 9.59 Å². The Labute approximate surface area is 176 Å². The highest BCUT2D eigenvalue weighted by molar-refractivity contribution is 7.20. The maximum atomic E-state index is 13.0. The standard InChI is InChI=1S/C21H20FN3O2S2/c22-16-5-3-15(4-6-16)21(27)25-9-7-14(8-10-25)19(26)23-12-17-13-29-20(24-17)18-2-1-11-28-18/h1-6,11,13-14H,7-10,12H2,(H,23,26). The maximum absolute atomic E-state index is 13.0. The molecule has 0 bridgehead atoms. The highest BCUT2D eigenvalue weighted by Gasteiger charge is 2.27. The zero-order valence-electron chi connectivity index (χ0n) is 15.6. The Morgan fingerprint density at radius 3 is 2.59 bits per heavy atom. The summed E-state index contributed by atoms with van der Waals surface area (Å²) in [5, 5.41) is 7.93. The number of thiazole rings is 1. The highest BCUT2D eigenvalue weighted by Crippen LogP contribution is 2.28. The molecule has 4 rings (SSSR count). The van der Waals surface area contributed by atoms with Crippen LogP contribution in [0.1, 0.15) is 28.9 Å². The van der Waals surface area contributed by atoms with Crippen LogP contribution in [0.15, 0.2) is 47.2 Å². The lowest BCUT2D eigenvalue weighted by molar-refractivity contribution is -0.126. The Bertz CT molecular complexity index is 978. The van der Waals surface area contributed by atoms with Crippen LogP contribution in [-0.4, -0.2) is 34.8 Å². The van der Waals surface area contributed by atoms with Crippen molar-refractivity contribution in [3.05, 3.63) is 64.2 Å². The molecule has 0 aliphatic carbocycles. The zero-order chi connectivity index (χ0) is 20.2. The van der Waals surface area contributed by atoms with Gasteiger partial charge in [-0.25, -0.2) is 9.37 Å². The number of hydrogen-bond donors (Lipinski definition) is 1. The maximum Gasteiger partial charge on any atom is 0.253 e. The summed E-state index contributed by atoms with van der Waals surface area (Å²) >= 11 is 3.22. The molecule has 1 N–H and O–H groups in total. The fourth-order valence-electron chi connectivity index (χ4n) is 3.34. The van der Waals surface area contributed by atoms with Crippen molar-refractivity contribution >= 4 is 34.5 Å². The zero-order valence-corrected chi connectivity index (χ0v) is 17.3. The number of carbonyl (C=O) groups is 2. The summed E-state index contributed by atoms with van der Waals surface area (Å²) in [5.41, 5.74) is 1.33. The molecule has 5 nitrogen and oxygen atoms in total. The normalized spacial score (nSPS) is 14.7. The van der Waals surface area contributed by atoms with Crippen molar-refractivity contribution in [3.63, 3.8) is 0 Å². The van der Waals surface area contributed by atoms with Crippen molar-refractivity contribution in [1.29, 1.82) is 0 Å². The van der Waals surface area contributed by atoms with Crippen molar-refractivity contribution in [3.8, 4) is 9.88 Å². The summed E-state index contributed by atoms with van der Waals surface area (Å²) in [7, 11) is 0. The third kappa shape index (κ3) is 4.71. The number of nitrogens with one attached hydrogen (secondary N) is 1. The van der Waals surface area contributed by atoms with Crippen molar-refractivity contribution in [1.82, 2.24) is 15.2 Å². The lowest BCUT2D eigenvalue weighted by atomic mass is 9.95. The Hall–Kier alpha value is -2.58. The third-order valence-corrected chi connectivity index (χ3v) is 6.90. The third-order valence-electron chi connectivity index (χ3n) is 4.97. The summed E-state index contributed by atoms with van der Waals surface area (Å²) in [6.45, 7) is 1.45. The molecule has 1 saturated heterocycles. The van der Waals surface area contributed by atoms with E-state index in [9.17, 15) is 14.0 Å². The van der Waals surface area contributed by atoms with Gasteiger partial charge in [0.05, 0.1) is 17.1 Å². The van der Waals surface area contributed by atoms with Crippen LogP contribution in [-0.2, 0) is 11.3 Å². The van der Waals surface area contributed by atoms with Crippen LogP contribution in [0.5, 0.6) is 0 Å². The van der Waals surface area contributed by atoms with E-state index in [0.717, 1.165) is 15.6 Å². The molecule has 2 amide bonds. The van der Waals surface area contributed by atoms with Gasteiger partial charge in [-0.05, 0) is 48.6 Å². The molecule has 2 aromatic heterocycles. The number of benzene rings is 1. The van der Waals surface area contributed by atoms with Crippen molar-refractivity contribution in [2.24, 2.45) is 5.92 Å². The Morgan fingerprint density at radius 1 is 1.14 bits per heavy atom. The molecule has 1 fully saturated rings. The Kier molecular flexibility index (Phi) is 6.01. The van der Waals surface area contributed by atoms with Gasteiger partial charge in [0, 0.05) is 30.0 Å².